The van der Waals surface area contributed by atoms with E-state index in [0.29, 0.717) is 29.1 Å². The highest BCUT2D eigenvalue weighted by atomic mass is 16.5. The second kappa shape index (κ2) is 11.0. The number of nitrogens with zero attached hydrogens (tertiary/aromatic N) is 1. The number of rotatable bonds is 8. The maximum absolute atomic E-state index is 14.0. The molecule has 0 N–H and O–H groups in total. The number of anilines is 1. The molecule has 1 atom stereocenters. The number of Topliss-reactive ketones (excluding diaryl/α,β-unsaturated/α-hetero) is 1. The van der Waals surface area contributed by atoms with Crippen LogP contribution in [0.15, 0.2) is 84.9 Å². The number of hydrogen-bond acceptors (Lipinski definition) is 5. The third-order valence-corrected chi connectivity index (χ3v) is 5.20. The monoisotopic (exact) mass is 441 g/mol. The normalized spacial score (nSPS) is 12.0. The summed E-state index contributed by atoms with van der Waals surface area (Å²) < 4.78 is 10.7. The predicted molar refractivity (Wildman–Crippen MR) is 129 cm³/mol. The molecule has 0 aliphatic rings. The number of benzene rings is 3. The largest absolute Gasteiger partial charge is 0.497 e. The first kappa shape index (κ1) is 23.6. The van der Waals surface area contributed by atoms with Crippen molar-refractivity contribution in [2.75, 3.05) is 25.2 Å². The van der Waals surface area contributed by atoms with Gasteiger partial charge in [-0.05, 0) is 56.2 Å². The van der Waals surface area contributed by atoms with Gasteiger partial charge < -0.3 is 14.4 Å². The maximum Gasteiger partial charge on any atom is 0.353 e. The zero-order chi connectivity index (χ0) is 23.7. The number of carbonyl (C=O) groups excluding carboxylic acids is 2. The molecular formula is C28H27NO4. The maximum atomic E-state index is 14.0. The van der Waals surface area contributed by atoms with Crippen molar-refractivity contribution in [1.82, 2.24) is 0 Å². The van der Waals surface area contributed by atoms with E-state index in [1.165, 1.54) is 0 Å². The second-order valence-electron chi connectivity index (χ2n) is 7.18. The number of carbonyl (C=O) groups is 2. The lowest BCUT2D eigenvalue weighted by Crippen LogP contribution is -2.60. The zero-order valence-electron chi connectivity index (χ0n) is 19.1. The molecule has 0 aliphatic carbocycles. The molecule has 0 heterocycles. The van der Waals surface area contributed by atoms with E-state index in [9.17, 15) is 9.59 Å². The Morgan fingerprint density at radius 3 is 2.03 bits per heavy atom. The van der Waals surface area contributed by atoms with E-state index in [1.54, 1.807) is 67.5 Å². The van der Waals surface area contributed by atoms with Gasteiger partial charge in [-0.1, -0.05) is 54.5 Å². The molecule has 0 aliphatic heterocycles. The Morgan fingerprint density at radius 2 is 1.48 bits per heavy atom. The van der Waals surface area contributed by atoms with Gasteiger partial charge in [0, 0.05) is 23.4 Å². The van der Waals surface area contributed by atoms with Gasteiger partial charge >= 0.3 is 5.97 Å². The summed E-state index contributed by atoms with van der Waals surface area (Å²) in [6, 6.07) is 25.1. The standard InChI is InChI=1S/C28H27NO4/c1-4-29(24-16-18-25(32-3)19-17-24)28(27(31)33-5-2,21-20-22-12-8-6-9-13-22)26(30)23-14-10-7-11-15-23/h6-19H,4-5H2,1-3H3. The fraction of sp³-hybridized carbons (Fsp3) is 0.214. The van der Waals surface area contributed by atoms with Gasteiger partial charge in [-0.3, -0.25) is 4.79 Å². The number of ketones is 1. The average molecular weight is 442 g/mol. The minimum Gasteiger partial charge on any atom is -0.497 e. The van der Waals surface area contributed by atoms with Crippen LogP contribution in [0.1, 0.15) is 29.8 Å². The van der Waals surface area contributed by atoms with Gasteiger partial charge in [0.15, 0.2) is 0 Å². The summed E-state index contributed by atoms with van der Waals surface area (Å²) in [5.74, 6) is 5.59. The van der Waals surface area contributed by atoms with Crippen molar-refractivity contribution in [3.05, 3.63) is 96.1 Å². The van der Waals surface area contributed by atoms with Crippen LogP contribution < -0.4 is 9.64 Å². The van der Waals surface area contributed by atoms with Crippen LogP contribution in [0.2, 0.25) is 0 Å². The SMILES string of the molecule is CCOC(=O)C(C#Cc1ccccc1)(C(=O)c1ccccc1)N(CC)c1ccc(OC)cc1. The van der Waals surface area contributed by atoms with Crippen LogP contribution in [0.3, 0.4) is 0 Å². The van der Waals surface area contributed by atoms with Crippen LogP contribution in [-0.4, -0.2) is 37.6 Å². The molecule has 5 nitrogen and oxygen atoms in total. The van der Waals surface area contributed by atoms with E-state index in [-0.39, 0.29) is 6.61 Å². The van der Waals surface area contributed by atoms with E-state index in [4.69, 9.17) is 9.47 Å². The molecule has 0 saturated carbocycles. The van der Waals surface area contributed by atoms with Crippen LogP contribution >= 0.6 is 0 Å². The Bertz CT molecular complexity index is 1130. The number of likely N-dealkylation sites (N-methyl/N-ethyl adjacent to an activating group) is 1. The first-order chi connectivity index (χ1) is 16.1. The lowest BCUT2D eigenvalue weighted by atomic mass is 9.86. The van der Waals surface area contributed by atoms with Gasteiger partial charge in [0.05, 0.1) is 13.7 Å². The Labute approximate surface area is 195 Å². The molecule has 0 fully saturated rings. The molecule has 33 heavy (non-hydrogen) atoms. The fourth-order valence-corrected chi connectivity index (χ4v) is 3.59. The molecule has 168 valence electrons. The average Bonchev–Trinajstić information content (AvgIpc) is 2.87. The highest BCUT2D eigenvalue weighted by Gasteiger charge is 2.51. The topological polar surface area (TPSA) is 55.8 Å². The molecular weight excluding hydrogens is 414 g/mol. The molecule has 0 aromatic heterocycles. The summed E-state index contributed by atoms with van der Waals surface area (Å²) in [6.07, 6.45) is 0. The molecule has 0 saturated heterocycles. The third kappa shape index (κ3) is 5.07. The fourth-order valence-electron chi connectivity index (χ4n) is 3.59. The molecule has 0 radical (unpaired) electrons. The van der Waals surface area contributed by atoms with Crippen molar-refractivity contribution < 1.29 is 19.1 Å². The first-order valence-electron chi connectivity index (χ1n) is 10.8. The molecule has 0 spiro atoms. The molecule has 3 aromatic rings. The van der Waals surface area contributed by atoms with Crippen molar-refractivity contribution in [1.29, 1.82) is 0 Å². The van der Waals surface area contributed by atoms with Gasteiger partial charge in [-0.25, -0.2) is 4.79 Å². The number of methoxy groups -OCH3 is 1. The summed E-state index contributed by atoms with van der Waals surface area (Å²) in [6.45, 7) is 4.05. The quantitative estimate of drug-likeness (QED) is 0.218. The summed E-state index contributed by atoms with van der Waals surface area (Å²) in [4.78, 5) is 29.3. The Morgan fingerprint density at radius 1 is 0.879 bits per heavy atom. The minimum absolute atomic E-state index is 0.121. The lowest BCUT2D eigenvalue weighted by molar-refractivity contribution is -0.145. The van der Waals surface area contributed by atoms with E-state index >= 15 is 0 Å². The van der Waals surface area contributed by atoms with E-state index < -0.39 is 17.3 Å². The van der Waals surface area contributed by atoms with Crippen molar-refractivity contribution in [2.45, 2.75) is 19.4 Å². The van der Waals surface area contributed by atoms with Crippen molar-refractivity contribution in [2.24, 2.45) is 0 Å². The minimum atomic E-state index is -1.88. The van der Waals surface area contributed by atoms with Gasteiger partial charge in [0.25, 0.3) is 5.54 Å². The number of ether oxygens (including phenoxy) is 2. The Balaban J connectivity index is 2.27. The van der Waals surface area contributed by atoms with Gasteiger partial charge in [0.2, 0.25) is 5.78 Å². The molecule has 0 bridgehead atoms. The Hall–Kier alpha value is -4.04. The zero-order valence-corrected chi connectivity index (χ0v) is 19.1. The Kier molecular flexibility index (Phi) is 7.88. The molecule has 3 aromatic carbocycles. The van der Waals surface area contributed by atoms with Crippen LogP contribution in [0.25, 0.3) is 0 Å². The third-order valence-electron chi connectivity index (χ3n) is 5.20. The van der Waals surface area contributed by atoms with Gasteiger partial charge in [-0.15, -0.1) is 0 Å². The molecule has 5 heteroatoms. The molecule has 3 rings (SSSR count). The van der Waals surface area contributed by atoms with Gasteiger partial charge in [0.1, 0.15) is 5.75 Å². The van der Waals surface area contributed by atoms with Crippen molar-refractivity contribution in [3.8, 4) is 17.6 Å². The van der Waals surface area contributed by atoms with Crippen LogP contribution in [0, 0.1) is 11.8 Å². The highest BCUT2D eigenvalue weighted by molar-refractivity contribution is 6.22. The van der Waals surface area contributed by atoms with E-state index in [1.807, 2.05) is 43.3 Å². The van der Waals surface area contributed by atoms with Crippen molar-refractivity contribution >= 4 is 17.4 Å². The summed E-state index contributed by atoms with van der Waals surface area (Å²) >= 11 is 0. The highest BCUT2D eigenvalue weighted by Crippen LogP contribution is 2.30. The smallest absolute Gasteiger partial charge is 0.353 e. The van der Waals surface area contributed by atoms with E-state index in [2.05, 4.69) is 11.8 Å². The lowest BCUT2D eigenvalue weighted by Gasteiger charge is -2.38. The van der Waals surface area contributed by atoms with E-state index in [0.717, 1.165) is 0 Å². The summed E-state index contributed by atoms with van der Waals surface area (Å²) in [5, 5.41) is 0. The number of esters is 1. The second-order valence-corrected chi connectivity index (χ2v) is 7.18. The van der Waals surface area contributed by atoms with Crippen LogP contribution in [0.4, 0.5) is 5.69 Å². The molecule has 0 amide bonds. The summed E-state index contributed by atoms with van der Waals surface area (Å²) in [5.41, 5.74) is -0.160. The number of hydrogen-bond donors (Lipinski definition) is 0. The van der Waals surface area contributed by atoms with Gasteiger partial charge in [-0.2, -0.15) is 0 Å². The van der Waals surface area contributed by atoms with Crippen LogP contribution in [-0.2, 0) is 9.53 Å². The first-order valence-corrected chi connectivity index (χ1v) is 10.8. The predicted octanol–water partition coefficient (Wildman–Crippen LogP) is 4.76. The molecule has 1 unspecified atom stereocenters. The summed E-state index contributed by atoms with van der Waals surface area (Å²) in [7, 11) is 1.58. The van der Waals surface area contributed by atoms with Crippen LogP contribution in [0.5, 0.6) is 5.75 Å². The van der Waals surface area contributed by atoms with Crippen molar-refractivity contribution in [3.63, 3.8) is 0 Å².